The van der Waals surface area contributed by atoms with Gasteiger partial charge in [-0.3, -0.25) is 0 Å². The largest absolute Gasteiger partial charge is 0.455 e. The summed E-state index contributed by atoms with van der Waals surface area (Å²) in [5.41, 5.74) is 2.92. The van der Waals surface area contributed by atoms with Crippen molar-refractivity contribution in [2.24, 2.45) is 0 Å². The zero-order chi connectivity index (χ0) is 13.1. The Bertz CT molecular complexity index is 564. The van der Waals surface area contributed by atoms with Gasteiger partial charge in [0.25, 0.3) is 0 Å². The minimum absolute atomic E-state index is 0.0551. The maximum absolute atomic E-state index is 9.32. The van der Waals surface area contributed by atoms with Crippen molar-refractivity contribution in [2.75, 3.05) is 0 Å². The second-order valence-corrected chi connectivity index (χ2v) is 4.71. The molecule has 2 rings (SSSR count). The van der Waals surface area contributed by atoms with Gasteiger partial charge in [-0.15, -0.1) is 0 Å². The average molecular weight is 263 g/mol. The van der Waals surface area contributed by atoms with Crippen molar-refractivity contribution < 1.29 is 9.84 Å². The van der Waals surface area contributed by atoms with Gasteiger partial charge in [-0.05, 0) is 37.6 Å². The number of halogens is 1. The van der Waals surface area contributed by atoms with Gasteiger partial charge in [0.05, 0.1) is 11.6 Å². The lowest BCUT2D eigenvalue weighted by Crippen LogP contribution is -1.93. The fraction of sp³-hybridized carbons (Fsp3) is 0.200. The summed E-state index contributed by atoms with van der Waals surface area (Å²) in [7, 11) is 0. The predicted octanol–water partition coefficient (Wildman–Crippen LogP) is 4.24. The molecule has 0 spiro atoms. The Kier molecular flexibility index (Phi) is 3.90. The highest BCUT2D eigenvalue weighted by Crippen LogP contribution is 2.32. The van der Waals surface area contributed by atoms with Crippen molar-refractivity contribution in [2.45, 2.75) is 20.5 Å². The van der Waals surface area contributed by atoms with Gasteiger partial charge in [0.2, 0.25) is 0 Å². The predicted molar refractivity (Wildman–Crippen MR) is 73.4 cm³/mol. The number of rotatable bonds is 3. The molecule has 0 atom stereocenters. The molecule has 0 aliphatic carbocycles. The van der Waals surface area contributed by atoms with Crippen molar-refractivity contribution in [3.05, 3.63) is 58.1 Å². The number of aliphatic hydroxyl groups excluding tert-OH is 1. The van der Waals surface area contributed by atoms with E-state index in [0.29, 0.717) is 16.5 Å². The summed E-state index contributed by atoms with van der Waals surface area (Å²) in [5, 5.41) is 9.89. The van der Waals surface area contributed by atoms with Crippen LogP contribution in [0, 0.1) is 13.8 Å². The van der Waals surface area contributed by atoms with Gasteiger partial charge in [0, 0.05) is 5.56 Å². The van der Waals surface area contributed by atoms with Crippen molar-refractivity contribution in [3.63, 3.8) is 0 Å². The Morgan fingerprint density at radius 1 is 1.00 bits per heavy atom. The molecule has 0 heterocycles. The van der Waals surface area contributed by atoms with E-state index in [4.69, 9.17) is 16.3 Å². The molecule has 94 valence electrons. The highest BCUT2D eigenvalue weighted by atomic mass is 35.5. The van der Waals surface area contributed by atoms with Crippen molar-refractivity contribution in [3.8, 4) is 11.5 Å². The van der Waals surface area contributed by atoms with Crippen LogP contribution in [0.15, 0.2) is 36.4 Å². The van der Waals surface area contributed by atoms with E-state index in [9.17, 15) is 5.11 Å². The molecule has 2 aromatic carbocycles. The number of hydrogen-bond donors (Lipinski definition) is 1. The first kappa shape index (κ1) is 12.9. The van der Waals surface area contributed by atoms with E-state index in [1.54, 1.807) is 0 Å². The van der Waals surface area contributed by atoms with Gasteiger partial charge in [-0.25, -0.2) is 0 Å². The minimum Gasteiger partial charge on any atom is -0.455 e. The molecule has 0 amide bonds. The molecule has 0 aliphatic heterocycles. The summed E-state index contributed by atoms with van der Waals surface area (Å²) in [6.07, 6.45) is 0. The van der Waals surface area contributed by atoms with Gasteiger partial charge in [0.1, 0.15) is 11.5 Å². The molecule has 0 bridgehead atoms. The van der Waals surface area contributed by atoms with Crippen LogP contribution in [-0.2, 0) is 6.61 Å². The number of benzene rings is 2. The number of ether oxygens (including phenoxy) is 1. The van der Waals surface area contributed by atoms with Crippen LogP contribution in [0.1, 0.15) is 16.7 Å². The zero-order valence-electron chi connectivity index (χ0n) is 10.4. The third-order valence-electron chi connectivity index (χ3n) is 2.69. The fourth-order valence-corrected chi connectivity index (χ4v) is 2.01. The van der Waals surface area contributed by atoms with E-state index in [0.717, 1.165) is 16.7 Å². The molecule has 18 heavy (non-hydrogen) atoms. The van der Waals surface area contributed by atoms with Gasteiger partial charge >= 0.3 is 0 Å². The van der Waals surface area contributed by atoms with Crippen molar-refractivity contribution in [1.29, 1.82) is 0 Å². The van der Waals surface area contributed by atoms with E-state index >= 15 is 0 Å². The first-order chi connectivity index (χ1) is 8.60. The topological polar surface area (TPSA) is 29.5 Å². The Hall–Kier alpha value is -1.51. The highest BCUT2D eigenvalue weighted by Gasteiger charge is 2.07. The smallest absolute Gasteiger partial charge is 0.146 e. The van der Waals surface area contributed by atoms with Gasteiger partial charge in [-0.1, -0.05) is 35.4 Å². The molecule has 1 N–H and O–H groups in total. The molecule has 0 unspecified atom stereocenters. The normalized spacial score (nSPS) is 10.4. The summed E-state index contributed by atoms with van der Waals surface area (Å²) in [6, 6.07) is 11.3. The van der Waals surface area contributed by atoms with Crippen LogP contribution >= 0.6 is 11.6 Å². The lowest BCUT2D eigenvalue weighted by molar-refractivity contribution is 0.276. The molecule has 0 aromatic heterocycles. The van der Waals surface area contributed by atoms with E-state index in [-0.39, 0.29) is 6.61 Å². The summed E-state index contributed by atoms with van der Waals surface area (Å²) < 4.78 is 5.75. The average Bonchev–Trinajstić information content (AvgIpc) is 2.34. The Balaban J connectivity index is 2.33. The van der Waals surface area contributed by atoms with E-state index < -0.39 is 0 Å². The summed E-state index contributed by atoms with van der Waals surface area (Å²) in [5.74, 6) is 1.23. The molecule has 0 radical (unpaired) electrons. The molecule has 0 saturated heterocycles. The van der Waals surface area contributed by atoms with Crippen LogP contribution in [0.4, 0.5) is 0 Å². The maximum Gasteiger partial charge on any atom is 0.146 e. The first-order valence-corrected chi connectivity index (χ1v) is 6.12. The van der Waals surface area contributed by atoms with E-state index in [2.05, 4.69) is 0 Å². The molecular formula is C15H15ClO2. The molecule has 0 fully saturated rings. The van der Waals surface area contributed by atoms with Crippen molar-refractivity contribution >= 4 is 11.6 Å². The summed E-state index contributed by atoms with van der Waals surface area (Å²) >= 11 is 6.12. The number of aliphatic hydroxyl groups is 1. The van der Waals surface area contributed by atoms with Crippen LogP contribution in [-0.4, -0.2) is 5.11 Å². The lowest BCUT2D eigenvalue weighted by Gasteiger charge is -2.12. The Morgan fingerprint density at radius 2 is 1.61 bits per heavy atom. The maximum atomic E-state index is 9.32. The third-order valence-corrected chi connectivity index (χ3v) is 2.99. The van der Waals surface area contributed by atoms with Crippen LogP contribution in [0.3, 0.4) is 0 Å². The van der Waals surface area contributed by atoms with Gasteiger partial charge in [0.15, 0.2) is 0 Å². The van der Waals surface area contributed by atoms with Crippen LogP contribution in [0.5, 0.6) is 11.5 Å². The molecule has 0 aliphatic rings. The van der Waals surface area contributed by atoms with Gasteiger partial charge < -0.3 is 9.84 Å². The van der Waals surface area contributed by atoms with Crippen molar-refractivity contribution in [1.82, 2.24) is 0 Å². The second kappa shape index (κ2) is 5.42. The standard InChI is InChI=1S/C15H15ClO2/c1-10-3-5-14(12(7-10)9-17)18-15-6-4-11(2)8-13(15)16/h3-8,17H,9H2,1-2H3. The Labute approximate surface area is 112 Å². The van der Waals surface area contributed by atoms with Gasteiger partial charge in [-0.2, -0.15) is 0 Å². The van der Waals surface area contributed by atoms with Crippen LogP contribution in [0.2, 0.25) is 5.02 Å². The number of aryl methyl sites for hydroxylation is 2. The molecule has 3 heteroatoms. The monoisotopic (exact) mass is 262 g/mol. The van der Waals surface area contributed by atoms with E-state index in [1.807, 2.05) is 50.2 Å². The lowest BCUT2D eigenvalue weighted by atomic mass is 10.1. The summed E-state index contributed by atoms with van der Waals surface area (Å²) in [4.78, 5) is 0. The number of hydrogen-bond acceptors (Lipinski definition) is 2. The first-order valence-electron chi connectivity index (χ1n) is 5.74. The Morgan fingerprint density at radius 3 is 2.22 bits per heavy atom. The molecule has 2 nitrogen and oxygen atoms in total. The van der Waals surface area contributed by atoms with Crippen LogP contribution in [0.25, 0.3) is 0 Å². The zero-order valence-corrected chi connectivity index (χ0v) is 11.2. The minimum atomic E-state index is -0.0551. The van der Waals surface area contributed by atoms with Crippen LogP contribution < -0.4 is 4.74 Å². The SMILES string of the molecule is Cc1ccc(Oc2ccc(C)cc2CO)c(Cl)c1. The second-order valence-electron chi connectivity index (χ2n) is 4.31. The molecular weight excluding hydrogens is 248 g/mol. The fourth-order valence-electron chi connectivity index (χ4n) is 1.74. The molecule has 2 aromatic rings. The third kappa shape index (κ3) is 2.84. The molecule has 0 saturated carbocycles. The van der Waals surface area contributed by atoms with E-state index in [1.165, 1.54) is 0 Å². The highest BCUT2D eigenvalue weighted by molar-refractivity contribution is 6.32. The quantitative estimate of drug-likeness (QED) is 0.896. The summed E-state index contributed by atoms with van der Waals surface area (Å²) in [6.45, 7) is 3.89.